The molecule has 0 aromatic rings. The second-order valence-corrected chi connectivity index (χ2v) is 9.34. The first kappa shape index (κ1) is 17.6. The van der Waals surface area contributed by atoms with Crippen LogP contribution in [0.4, 0.5) is 0 Å². The van der Waals surface area contributed by atoms with Gasteiger partial charge in [-0.2, -0.15) is 0 Å². The van der Waals surface area contributed by atoms with E-state index in [9.17, 15) is 0 Å². The van der Waals surface area contributed by atoms with Gasteiger partial charge in [-0.05, 0) is 99.7 Å². The highest BCUT2D eigenvalue weighted by Crippen LogP contribution is 2.46. The van der Waals surface area contributed by atoms with Crippen LogP contribution >= 0.6 is 0 Å². The Morgan fingerprint density at radius 2 is 1.04 bits per heavy atom. The van der Waals surface area contributed by atoms with E-state index in [-0.39, 0.29) is 0 Å². The van der Waals surface area contributed by atoms with E-state index in [2.05, 4.69) is 19.6 Å². The molecule has 0 N–H and O–H groups in total. The van der Waals surface area contributed by atoms with E-state index < -0.39 is 0 Å². The van der Waals surface area contributed by atoms with Crippen molar-refractivity contribution in [1.82, 2.24) is 0 Å². The van der Waals surface area contributed by atoms with Crippen molar-refractivity contribution in [3.63, 3.8) is 0 Å². The van der Waals surface area contributed by atoms with Crippen molar-refractivity contribution in [1.29, 1.82) is 0 Å². The Hall–Kier alpha value is -0.260. The molecule has 3 saturated carbocycles. The van der Waals surface area contributed by atoms with E-state index in [1.807, 2.05) is 0 Å². The molecule has 3 aliphatic rings. The Morgan fingerprint density at radius 1 is 0.652 bits per heavy atom. The third-order valence-corrected chi connectivity index (χ3v) is 7.88. The Kier molecular flexibility index (Phi) is 6.66. The first-order valence-corrected chi connectivity index (χ1v) is 10.9. The standard InChI is InChI=1S/C23H40/c1-3-4-5-19-8-12-21(13-9-19)23-16-14-22(15-17-23)20-10-6-18(2)7-11-20/h3,18-23H,1,4-17H2,2H3. The number of hydrogen-bond acceptors (Lipinski definition) is 0. The fourth-order valence-corrected chi connectivity index (χ4v) is 6.15. The van der Waals surface area contributed by atoms with Gasteiger partial charge in [-0.1, -0.05) is 38.7 Å². The SMILES string of the molecule is C=CCCC1CCC(C2CCC(C3CCC(C)CC3)CC2)CC1. The zero-order valence-electron chi connectivity index (χ0n) is 15.6. The molecule has 0 aromatic carbocycles. The van der Waals surface area contributed by atoms with Gasteiger partial charge in [0.1, 0.15) is 0 Å². The summed E-state index contributed by atoms with van der Waals surface area (Å²) >= 11 is 0. The summed E-state index contributed by atoms with van der Waals surface area (Å²) in [4.78, 5) is 0. The van der Waals surface area contributed by atoms with Crippen molar-refractivity contribution in [2.75, 3.05) is 0 Å². The van der Waals surface area contributed by atoms with Crippen molar-refractivity contribution in [3.8, 4) is 0 Å². The molecule has 23 heavy (non-hydrogen) atoms. The minimum absolute atomic E-state index is 1.01. The van der Waals surface area contributed by atoms with Gasteiger partial charge < -0.3 is 0 Å². The third kappa shape index (κ3) is 4.86. The first-order chi connectivity index (χ1) is 11.3. The van der Waals surface area contributed by atoms with Crippen molar-refractivity contribution in [2.45, 2.75) is 96.8 Å². The van der Waals surface area contributed by atoms with Crippen LogP contribution in [-0.2, 0) is 0 Å². The zero-order valence-corrected chi connectivity index (χ0v) is 15.6. The fourth-order valence-electron chi connectivity index (χ4n) is 6.15. The fraction of sp³-hybridized carbons (Fsp3) is 0.913. The van der Waals surface area contributed by atoms with E-state index in [0.29, 0.717) is 0 Å². The average Bonchev–Trinajstić information content (AvgIpc) is 2.61. The van der Waals surface area contributed by atoms with Crippen LogP contribution in [0.3, 0.4) is 0 Å². The summed E-state index contributed by atoms with van der Waals surface area (Å²) in [5.41, 5.74) is 0. The molecule has 0 heterocycles. The Morgan fingerprint density at radius 3 is 1.48 bits per heavy atom. The van der Waals surface area contributed by atoms with Gasteiger partial charge in [-0.25, -0.2) is 0 Å². The van der Waals surface area contributed by atoms with Crippen LogP contribution in [0.5, 0.6) is 0 Å². The summed E-state index contributed by atoms with van der Waals surface area (Å²) < 4.78 is 0. The van der Waals surface area contributed by atoms with Crippen LogP contribution in [0.25, 0.3) is 0 Å². The zero-order chi connectivity index (χ0) is 16.1. The minimum Gasteiger partial charge on any atom is -0.103 e. The highest BCUT2D eigenvalue weighted by molar-refractivity contribution is 4.85. The van der Waals surface area contributed by atoms with Crippen molar-refractivity contribution >= 4 is 0 Å². The van der Waals surface area contributed by atoms with Gasteiger partial charge in [0.25, 0.3) is 0 Å². The Balaban J connectivity index is 1.37. The van der Waals surface area contributed by atoms with Crippen LogP contribution in [-0.4, -0.2) is 0 Å². The number of hydrogen-bond donors (Lipinski definition) is 0. The Bertz CT molecular complexity index is 333. The summed E-state index contributed by atoms with van der Waals surface area (Å²) in [5, 5.41) is 0. The molecule has 0 unspecified atom stereocenters. The van der Waals surface area contributed by atoms with E-state index in [4.69, 9.17) is 0 Å². The second kappa shape index (κ2) is 8.72. The molecule has 3 rings (SSSR count). The lowest BCUT2D eigenvalue weighted by Gasteiger charge is -2.41. The molecule has 0 amide bonds. The van der Waals surface area contributed by atoms with E-state index in [1.165, 1.54) is 51.4 Å². The molecule has 0 nitrogen and oxygen atoms in total. The molecule has 0 saturated heterocycles. The molecular weight excluding hydrogens is 276 g/mol. The highest BCUT2D eigenvalue weighted by atomic mass is 14.4. The van der Waals surface area contributed by atoms with Crippen LogP contribution in [0.1, 0.15) is 96.8 Å². The molecule has 3 fully saturated rings. The van der Waals surface area contributed by atoms with Gasteiger partial charge in [0.15, 0.2) is 0 Å². The molecule has 0 heteroatoms. The third-order valence-electron chi connectivity index (χ3n) is 7.88. The average molecular weight is 317 g/mol. The molecule has 3 aliphatic carbocycles. The van der Waals surface area contributed by atoms with Crippen molar-refractivity contribution < 1.29 is 0 Å². The molecule has 132 valence electrons. The van der Waals surface area contributed by atoms with Gasteiger partial charge in [-0.3, -0.25) is 0 Å². The lowest BCUT2D eigenvalue weighted by atomic mass is 9.65. The maximum atomic E-state index is 3.88. The number of allylic oxidation sites excluding steroid dienone is 1. The van der Waals surface area contributed by atoms with Crippen molar-refractivity contribution in [3.05, 3.63) is 12.7 Å². The molecule has 0 spiro atoms. The maximum absolute atomic E-state index is 3.88. The smallest absolute Gasteiger partial charge is 0.0351 e. The quantitative estimate of drug-likeness (QED) is 0.464. The normalized spacial score (nSPS) is 42.3. The summed E-state index contributed by atoms with van der Waals surface area (Å²) in [5.74, 6) is 6.41. The lowest BCUT2D eigenvalue weighted by Crippen LogP contribution is -2.29. The summed E-state index contributed by atoms with van der Waals surface area (Å²) in [6.45, 7) is 6.34. The Labute approximate surface area is 145 Å². The summed E-state index contributed by atoms with van der Waals surface area (Å²) in [6.07, 6.45) is 23.3. The van der Waals surface area contributed by atoms with E-state index in [0.717, 1.165) is 35.5 Å². The monoisotopic (exact) mass is 316 g/mol. The molecule has 0 radical (unpaired) electrons. The lowest BCUT2D eigenvalue weighted by molar-refractivity contribution is 0.105. The van der Waals surface area contributed by atoms with E-state index in [1.54, 1.807) is 38.5 Å². The predicted octanol–water partition coefficient (Wildman–Crippen LogP) is 7.39. The van der Waals surface area contributed by atoms with E-state index >= 15 is 0 Å². The molecule has 0 atom stereocenters. The first-order valence-electron chi connectivity index (χ1n) is 10.9. The molecular formula is C23H40. The maximum Gasteiger partial charge on any atom is -0.0351 e. The summed E-state index contributed by atoms with van der Waals surface area (Å²) in [7, 11) is 0. The van der Waals surface area contributed by atoms with Crippen molar-refractivity contribution in [2.24, 2.45) is 35.5 Å². The molecule has 0 aliphatic heterocycles. The number of rotatable bonds is 5. The largest absolute Gasteiger partial charge is 0.103 e. The molecule has 0 aromatic heterocycles. The predicted molar refractivity (Wildman–Crippen MR) is 101 cm³/mol. The van der Waals surface area contributed by atoms with Crippen LogP contribution < -0.4 is 0 Å². The highest BCUT2D eigenvalue weighted by Gasteiger charge is 2.34. The van der Waals surface area contributed by atoms with Crippen LogP contribution in [0.2, 0.25) is 0 Å². The van der Waals surface area contributed by atoms with Gasteiger partial charge in [0, 0.05) is 0 Å². The summed E-state index contributed by atoms with van der Waals surface area (Å²) in [6, 6.07) is 0. The van der Waals surface area contributed by atoms with Gasteiger partial charge in [0.05, 0.1) is 0 Å². The molecule has 0 bridgehead atoms. The van der Waals surface area contributed by atoms with Gasteiger partial charge in [-0.15, -0.1) is 6.58 Å². The van der Waals surface area contributed by atoms with Crippen LogP contribution in [0.15, 0.2) is 12.7 Å². The topological polar surface area (TPSA) is 0 Å². The van der Waals surface area contributed by atoms with Gasteiger partial charge in [0.2, 0.25) is 0 Å². The van der Waals surface area contributed by atoms with Crippen LogP contribution in [0, 0.1) is 35.5 Å². The minimum atomic E-state index is 1.01. The second-order valence-electron chi connectivity index (χ2n) is 9.34. The van der Waals surface area contributed by atoms with Gasteiger partial charge >= 0.3 is 0 Å².